The van der Waals surface area contributed by atoms with Gasteiger partial charge in [0.1, 0.15) is 12.4 Å². The highest BCUT2D eigenvalue weighted by Gasteiger charge is 2.27. The molecule has 0 radical (unpaired) electrons. The van der Waals surface area contributed by atoms with Crippen LogP contribution in [-0.4, -0.2) is 66.5 Å². The van der Waals surface area contributed by atoms with Gasteiger partial charge in [-0.3, -0.25) is 24.6 Å². The minimum absolute atomic E-state index is 0.0167. The van der Waals surface area contributed by atoms with Gasteiger partial charge in [0.15, 0.2) is 0 Å². The highest BCUT2D eigenvalue weighted by molar-refractivity contribution is 6.31. The van der Waals surface area contributed by atoms with Crippen molar-refractivity contribution in [2.75, 3.05) is 18.4 Å². The van der Waals surface area contributed by atoms with Crippen molar-refractivity contribution >= 4 is 40.5 Å². The Hall–Kier alpha value is -5.92. The third-order valence-corrected chi connectivity index (χ3v) is 11.4. The van der Waals surface area contributed by atoms with Gasteiger partial charge < -0.3 is 15.2 Å². The Morgan fingerprint density at radius 1 is 0.948 bits per heavy atom. The molecule has 3 aromatic heterocycles. The maximum Gasteiger partial charge on any atom is 0.292 e. The molecule has 6 aromatic rings. The van der Waals surface area contributed by atoms with Crippen molar-refractivity contribution in [3.05, 3.63) is 118 Å². The maximum atomic E-state index is 12.7. The monoisotopic (exact) mass is 799 g/mol. The number of amides is 3. The van der Waals surface area contributed by atoms with E-state index in [1.165, 1.54) is 5.56 Å². The molecule has 3 N–H and O–H groups in total. The van der Waals surface area contributed by atoms with Crippen LogP contribution in [0.2, 0.25) is 5.02 Å². The van der Waals surface area contributed by atoms with Gasteiger partial charge in [-0.15, -0.1) is 0 Å². The Balaban J connectivity index is 0.876. The molecule has 3 amide bonds. The molecule has 2 fully saturated rings. The highest BCUT2D eigenvalue weighted by Crippen LogP contribution is 2.34. The van der Waals surface area contributed by atoms with Crippen LogP contribution in [0.5, 0.6) is 0 Å². The molecule has 298 valence electrons. The van der Waals surface area contributed by atoms with Crippen molar-refractivity contribution in [3.8, 4) is 22.4 Å². The van der Waals surface area contributed by atoms with Crippen LogP contribution in [0.4, 0.5) is 5.69 Å². The third kappa shape index (κ3) is 8.51. The minimum Gasteiger partial charge on any atom is -0.374 e. The summed E-state index contributed by atoms with van der Waals surface area (Å²) >= 11 is 6.93. The van der Waals surface area contributed by atoms with Gasteiger partial charge in [-0.2, -0.15) is 10.1 Å². The van der Waals surface area contributed by atoms with Gasteiger partial charge in [0, 0.05) is 53.0 Å². The number of rotatable bonds is 10. The van der Waals surface area contributed by atoms with E-state index in [4.69, 9.17) is 16.1 Å². The number of benzene rings is 3. The molecule has 13 nitrogen and oxygen atoms in total. The molecule has 14 heteroatoms. The van der Waals surface area contributed by atoms with E-state index in [0.29, 0.717) is 31.2 Å². The van der Waals surface area contributed by atoms with Gasteiger partial charge in [-0.1, -0.05) is 73.9 Å². The lowest BCUT2D eigenvalue weighted by Crippen LogP contribution is -2.47. The fraction of sp³-hybridized carbons (Fsp3) is 0.341. The summed E-state index contributed by atoms with van der Waals surface area (Å²) in [7, 11) is 0. The van der Waals surface area contributed by atoms with E-state index >= 15 is 0 Å². The molecule has 0 bridgehead atoms. The zero-order valence-electron chi connectivity index (χ0n) is 33.0. The smallest absolute Gasteiger partial charge is 0.292 e. The van der Waals surface area contributed by atoms with Crippen LogP contribution in [0.25, 0.3) is 27.9 Å². The summed E-state index contributed by atoms with van der Waals surface area (Å²) in [5.74, 6) is 0.0317. The number of likely N-dealkylation sites (tertiary alicyclic amines) is 1. The zero-order valence-corrected chi connectivity index (χ0v) is 33.8. The number of aryl methyl sites for hydroxylation is 1. The van der Waals surface area contributed by atoms with Crippen molar-refractivity contribution in [1.82, 2.24) is 40.3 Å². The van der Waals surface area contributed by atoms with Crippen molar-refractivity contribution in [1.29, 1.82) is 0 Å². The number of carbonyl (C=O) groups excluding carboxylic acids is 3. The van der Waals surface area contributed by atoms with Crippen molar-refractivity contribution in [3.63, 3.8) is 0 Å². The molecule has 1 atom stereocenters. The zero-order chi connectivity index (χ0) is 40.6. The third-order valence-electron chi connectivity index (χ3n) is 11.1. The summed E-state index contributed by atoms with van der Waals surface area (Å²) in [6.07, 6.45) is 6.51. The quantitative estimate of drug-likeness (QED) is 0.121. The first kappa shape index (κ1) is 38.9. The molecule has 2 saturated heterocycles. The van der Waals surface area contributed by atoms with Crippen LogP contribution >= 0.6 is 11.6 Å². The van der Waals surface area contributed by atoms with Crippen molar-refractivity contribution in [2.24, 2.45) is 0 Å². The van der Waals surface area contributed by atoms with Crippen molar-refractivity contribution < 1.29 is 18.9 Å². The standard InChI is InChI=1S/C44H46ClN9O4/c1-26-19-30(6-7-31(26)22-46-42(57)40-51-43(58-52-40)44(2,3)4)39-37-21-33(24-54(37)48-25-47-39)29-5-8-32(35(45)20-29)23-53-17-15-28(16-18-53)27-9-11-34(12-10-27)49-36-13-14-38(55)50-41(36)56/h5-12,19-21,24-25,28,36,49H,13-18,22-23H2,1-4H3,(H,46,57)(H,50,55,56)/t36-/m0/s1. The van der Waals surface area contributed by atoms with Crippen LogP contribution in [-0.2, 0) is 28.1 Å². The second kappa shape index (κ2) is 16.1. The van der Waals surface area contributed by atoms with E-state index in [-0.39, 0.29) is 29.1 Å². The lowest BCUT2D eigenvalue weighted by Gasteiger charge is -2.32. The average molecular weight is 800 g/mol. The number of fused-ring (bicyclic) bond motifs is 1. The second-order valence-corrected chi connectivity index (χ2v) is 16.7. The molecule has 0 saturated carbocycles. The summed E-state index contributed by atoms with van der Waals surface area (Å²) in [4.78, 5) is 47.7. The van der Waals surface area contributed by atoms with Crippen LogP contribution < -0.4 is 16.0 Å². The number of aromatic nitrogens is 5. The number of nitrogens with zero attached hydrogens (tertiary/aromatic N) is 6. The lowest BCUT2D eigenvalue weighted by molar-refractivity contribution is -0.133. The van der Waals surface area contributed by atoms with E-state index in [2.05, 4.69) is 77.5 Å². The SMILES string of the molecule is Cc1cc(-c2ncnn3cc(-c4ccc(CN5CCC(c6ccc(N[C@H]7CCC(=O)NC7=O)cc6)CC5)c(Cl)c4)cc23)ccc1CNC(=O)c1noc(C(C)(C)C)n1. The van der Waals surface area contributed by atoms with E-state index in [1.807, 2.05) is 68.7 Å². The molecule has 58 heavy (non-hydrogen) atoms. The van der Waals surface area contributed by atoms with Gasteiger partial charge in [-0.25, -0.2) is 9.50 Å². The molecule has 3 aromatic carbocycles. The van der Waals surface area contributed by atoms with Gasteiger partial charge in [0.25, 0.3) is 11.7 Å². The topological polar surface area (TPSA) is 160 Å². The molecule has 0 aliphatic carbocycles. The van der Waals surface area contributed by atoms with Crippen LogP contribution in [0.1, 0.15) is 91.1 Å². The Morgan fingerprint density at radius 3 is 2.41 bits per heavy atom. The predicted molar refractivity (Wildman–Crippen MR) is 221 cm³/mol. The average Bonchev–Trinajstić information content (AvgIpc) is 3.89. The van der Waals surface area contributed by atoms with Crippen LogP contribution in [0.15, 0.2) is 83.8 Å². The molecule has 0 unspecified atom stereocenters. The Kier molecular flexibility index (Phi) is 10.8. The highest BCUT2D eigenvalue weighted by atomic mass is 35.5. The Bertz CT molecular complexity index is 2500. The molecular weight excluding hydrogens is 754 g/mol. The molecule has 8 rings (SSSR count). The van der Waals surface area contributed by atoms with E-state index < -0.39 is 5.91 Å². The summed E-state index contributed by atoms with van der Waals surface area (Å²) in [5, 5.41) is 17.6. The van der Waals surface area contributed by atoms with Gasteiger partial charge in [0.05, 0.1) is 11.2 Å². The summed E-state index contributed by atoms with van der Waals surface area (Å²) in [6, 6.07) is 22.4. The number of imide groups is 1. The Morgan fingerprint density at radius 2 is 1.71 bits per heavy atom. The summed E-state index contributed by atoms with van der Waals surface area (Å²) in [6.45, 7) is 10.9. The molecule has 0 spiro atoms. The first-order valence-electron chi connectivity index (χ1n) is 19.6. The maximum absolute atomic E-state index is 12.7. The number of halogens is 1. The number of hydrogen-bond acceptors (Lipinski definition) is 10. The molecule has 2 aliphatic rings. The second-order valence-electron chi connectivity index (χ2n) is 16.3. The number of piperidine rings is 2. The fourth-order valence-corrected chi connectivity index (χ4v) is 7.87. The number of hydrogen-bond donors (Lipinski definition) is 3. The lowest BCUT2D eigenvalue weighted by atomic mass is 9.89. The number of carbonyl (C=O) groups is 3. The Labute approximate surface area is 341 Å². The first-order chi connectivity index (χ1) is 27.9. The summed E-state index contributed by atoms with van der Waals surface area (Å²) in [5.41, 5.74) is 9.49. The fourth-order valence-electron chi connectivity index (χ4n) is 7.63. The van der Waals surface area contributed by atoms with Crippen LogP contribution in [0, 0.1) is 6.92 Å². The van der Waals surface area contributed by atoms with E-state index in [0.717, 1.165) is 87.8 Å². The minimum atomic E-state index is -0.391. The van der Waals surface area contributed by atoms with Gasteiger partial charge in [0.2, 0.25) is 17.7 Å². The van der Waals surface area contributed by atoms with Gasteiger partial charge in [-0.05, 0) is 103 Å². The molecule has 2 aliphatic heterocycles. The first-order valence-corrected chi connectivity index (χ1v) is 20.0. The molecular formula is C44H46ClN9O4. The predicted octanol–water partition coefficient (Wildman–Crippen LogP) is 7.23. The van der Waals surface area contributed by atoms with E-state index in [9.17, 15) is 14.4 Å². The largest absolute Gasteiger partial charge is 0.374 e. The normalized spacial score (nSPS) is 16.7. The number of nitrogens with one attached hydrogen (secondary N) is 3. The van der Waals surface area contributed by atoms with Crippen LogP contribution in [0.3, 0.4) is 0 Å². The van der Waals surface area contributed by atoms with Crippen molar-refractivity contribution in [2.45, 2.75) is 83.8 Å². The van der Waals surface area contributed by atoms with E-state index in [1.54, 1.807) is 6.33 Å². The summed E-state index contributed by atoms with van der Waals surface area (Å²) < 4.78 is 7.11. The molecule has 5 heterocycles. The number of anilines is 1. The van der Waals surface area contributed by atoms with Gasteiger partial charge >= 0.3 is 0 Å².